The van der Waals surface area contributed by atoms with Gasteiger partial charge in [-0.1, -0.05) is 18.7 Å². The minimum atomic E-state index is -0.0500. The average Bonchev–Trinajstić information content (AvgIpc) is 2.90. The third-order valence-electron chi connectivity index (χ3n) is 3.32. The van der Waals surface area contributed by atoms with E-state index in [1.165, 1.54) is 12.8 Å². The summed E-state index contributed by atoms with van der Waals surface area (Å²) in [7, 11) is 0. The van der Waals surface area contributed by atoms with E-state index in [0.29, 0.717) is 6.54 Å². The second-order valence-electron chi connectivity index (χ2n) is 4.88. The number of phenols is 1. The van der Waals surface area contributed by atoms with Gasteiger partial charge >= 0.3 is 0 Å². The number of aromatic hydroxyl groups is 1. The molecule has 1 fully saturated rings. The molecular weight excluding hydrogens is 240 g/mol. The van der Waals surface area contributed by atoms with Crippen molar-refractivity contribution < 1.29 is 9.90 Å². The number of hydrogen-bond donors (Lipinski definition) is 2. The van der Waals surface area contributed by atoms with Gasteiger partial charge in [-0.15, -0.1) is 0 Å². The van der Waals surface area contributed by atoms with E-state index in [-0.39, 0.29) is 18.1 Å². The first-order valence-electron chi connectivity index (χ1n) is 6.62. The van der Waals surface area contributed by atoms with E-state index in [1.54, 1.807) is 18.2 Å². The molecule has 0 bridgehead atoms. The van der Waals surface area contributed by atoms with Gasteiger partial charge in [0.25, 0.3) is 0 Å². The molecule has 0 unspecified atom stereocenters. The zero-order chi connectivity index (χ0) is 13.7. The Hall–Kier alpha value is -1.97. The maximum Gasteiger partial charge on any atom is 0.224 e. The second kappa shape index (κ2) is 6.27. The Kier molecular flexibility index (Phi) is 4.44. The monoisotopic (exact) mass is 260 g/mol. The number of likely N-dealkylation sites (tertiary alicyclic amines) is 1. The van der Waals surface area contributed by atoms with E-state index in [9.17, 15) is 9.90 Å². The number of nitrogens with zero attached hydrogens (tertiary/aromatic N) is 1. The number of amides is 1. The normalized spacial score (nSPS) is 14.4. The van der Waals surface area contributed by atoms with Gasteiger partial charge in [-0.2, -0.15) is 0 Å². The molecule has 2 N–H and O–H groups in total. The molecular formula is C15H20N2O2. The Balaban J connectivity index is 1.76. The van der Waals surface area contributed by atoms with Crippen LogP contribution in [0.3, 0.4) is 0 Å². The maximum absolute atomic E-state index is 11.8. The van der Waals surface area contributed by atoms with Crippen LogP contribution in [0.2, 0.25) is 0 Å². The lowest BCUT2D eigenvalue weighted by Gasteiger charge is -2.20. The minimum Gasteiger partial charge on any atom is -0.508 e. The van der Waals surface area contributed by atoms with Gasteiger partial charge in [0, 0.05) is 18.8 Å². The molecule has 102 valence electrons. The summed E-state index contributed by atoms with van der Waals surface area (Å²) in [5, 5.41) is 12.2. The van der Waals surface area contributed by atoms with Crippen LogP contribution in [0.4, 0.5) is 0 Å². The van der Waals surface area contributed by atoms with Crippen molar-refractivity contribution in [2.75, 3.05) is 19.6 Å². The topological polar surface area (TPSA) is 52.6 Å². The molecule has 1 aromatic carbocycles. The van der Waals surface area contributed by atoms with Crippen molar-refractivity contribution in [2.45, 2.75) is 19.3 Å². The van der Waals surface area contributed by atoms with E-state index in [1.807, 2.05) is 6.07 Å². The predicted octanol–water partition coefficient (Wildman–Crippen LogP) is 1.66. The van der Waals surface area contributed by atoms with Crippen molar-refractivity contribution in [3.63, 3.8) is 0 Å². The summed E-state index contributed by atoms with van der Waals surface area (Å²) in [4.78, 5) is 14.0. The Labute approximate surface area is 113 Å². The standard InChI is InChI=1S/C15H20N2O2/c1-12(17-7-2-3-8-17)11-16-15(19)10-13-5-4-6-14(18)9-13/h4-6,9,18H,1-3,7-8,10-11H2,(H,16,19). The van der Waals surface area contributed by atoms with Gasteiger partial charge in [0.2, 0.25) is 5.91 Å². The zero-order valence-corrected chi connectivity index (χ0v) is 11.1. The van der Waals surface area contributed by atoms with E-state index in [0.717, 1.165) is 24.4 Å². The smallest absolute Gasteiger partial charge is 0.224 e. The number of carbonyl (C=O) groups is 1. The summed E-state index contributed by atoms with van der Waals surface area (Å²) in [6, 6.07) is 6.77. The van der Waals surface area contributed by atoms with Crippen LogP contribution in [0.5, 0.6) is 5.75 Å². The zero-order valence-electron chi connectivity index (χ0n) is 11.1. The van der Waals surface area contributed by atoms with Gasteiger partial charge in [-0.05, 0) is 30.5 Å². The number of rotatable bonds is 5. The lowest BCUT2D eigenvalue weighted by molar-refractivity contribution is -0.120. The summed E-state index contributed by atoms with van der Waals surface area (Å²) < 4.78 is 0. The molecule has 0 aromatic heterocycles. The average molecular weight is 260 g/mol. The SMILES string of the molecule is C=C(CNC(=O)Cc1cccc(O)c1)N1CCCC1. The molecule has 0 atom stereocenters. The molecule has 1 saturated heterocycles. The third-order valence-corrected chi connectivity index (χ3v) is 3.32. The number of benzene rings is 1. The summed E-state index contributed by atoms with van der Waals surface area (Å²) >= 11 is 0. The van der Waals surface area contributed by atoms with Crippen molar-refractivity contribution in [3.05, 3.63) is 42.1 Å². The molecule has 1 amide bonds. The highest BCUT2D eigenvalue weighted by molar-refractivity contribution is 5.78. The Morgan fingerprint density at radius 3 is 2.79 bits per heavy atom. The molecule has 19 heavy (non-hydrogen) atoms. The Morgan fingerprint density at radius 1 is 1.37 bits per heavy atom. The molecule has 1 aromatic rings. The summed E-state index contributed by atoms with van der Waals surface area (Å²) in [6.07, 6.45) is 2.69. The molecule has 1 aliphatic rings. The molecule has 0 spiro atoms. The Morgan fingerprint density at radius 2 is 2.11 bits per heavy atom. The van der Waals surface area contributed by atoms with E-state index in [4.69, 9.17) is 0 Å². The van der Waals surface area contributed by atoms with E-state index >= 15 is 0 Å². The van der Waals surface area contributed by atoms with Crippen molar-refractivity contribution in [3.8, 4) is 5.75 Å². The van der Waals surface area contributed by atoms with Gasteiger partial charge in [0.05, 0.1) is 13.0 Å². The first kappa shape index (κ1) is 13.5. The van der Waals surface area contributed by atoms with Crippen LogP contribution in [0.25, 0.3) is 0 Å². The second-order valence-corrected chi connectivity index (χ2v) is 4.88. The van der Waals surface area contributed by atoms with Gasteiger partial charge < -0.3 is 15.3 Å². The van der Waals surface area contributed by atoms with Gasteiger partial charge in [0.15, 0.2) is 0 Å². The van der Waals surface area contributed by atoms with E-state index in [2.05, 4.69) is 16.8 Å². The van der Waals surface area contributed by atoms with Crippen LogP contribution in [0.15, 0.2) is 36.5 Å². The van der Waals surface area contributed by atoms with Crippen molar-refractivity contribution in [1.29, 1.82) is 0 Å². The van der Waals surface area contributed by atoms with Crippen molar-refractivity contribution in [1.82, 2.24) is 10.2 Å². The summed E-state index contributed by atoms with van der Waals surface area (Å²) in [5.74, 6) is 0.137. The fraction of sp³-hybridized carbons (Fsp3) is 0.400. The van der Waals surface area contributed by atoms with Crippen LogP contribution in [0.1, 0.15) is 18.4 Å². The largest absolute Gasteiger partial charge is 0.508 e. The number of carbonyl (C=O) groups excluding carboxylic acids is 1. The quantitative estimate of drug-likeness (QED) is 0.846. The molecule has 0 aliphatic carbocycles. The molecule has 4 nitrogen and oxygen atoms in total. The first-order chi connectivity index (χ1) is 9.15. The van der Waals surface area contributed by atoms with E-state index < -0.39 is 0 Å². The molecule has 1 aliphatic heterocycles. The molecule has 1 heterocycles. The Bertz CT molecular complexity index is 465. The van der Waals surface area contributed by atoms with Gasteiger partial charge in [-0.3, -0.25) is 4.79 Å². The predicted molar refractivity (Wildman–Crippen MR) is 74.8 cm³/mol. The fourth-order valence-corrected chi connectivity index (χ4v) is 2.26. The third kappa shape index (κ3) is 4.02. The highest BCUT2D eigenvalue weighted by Crippen LogP contribution is 2.13. The minimum absolute atomic E-state index is 0.0500. The van der Waals surface area contributed by atoms with Gasteiger partial charge in [0.1, 0.15) is 5.75 Å². The van der Waals surface area contributed by atoms with Crippen LogP contribution >= 0.6 is 0 Å². The number of nitrogens with one attached hydrogen (secondary N) is 1. The van der Waals surface area contributed by atoms with Gasteiger partial charge in [-0.25, -0.2) is 0 Å². The molecule has 0 saturated carbocycles. The number of hydrogen-bond acceptors (Lipinski definition) is 3. The van der Waals surface area contributed by atoms with Crippen molar-refractivity contribution >= 4 is 5.91 Å². The highest BCUT2D eigenvalue weighted by Gasteiger charge is 2.13. The lowest BCUT2D eigenvalue weighted by atomic mass is 10.1. The molecule has 4 heteroatoms. The van der Waals surface area contributed by atoms with Crippen molar-refractivity contribution in [2.24, 2.45) is 0 Å². The summed E-state index contributed by atoms with van der Waals surface area (Å²) in [5.41, 5.74) is 1.78. The number of phenolic OH excluding ortho intramolecular Hbond substituents is 1. The first-order valence-corrected chi connectivity index (χ1v) is 6.62. The molecule has 0 radical (unpaired) electrons. The van der Waals surface area contributed by atoms with Crippen LogP contribution in [0, 0.1) is 0 Å². The maximum atomic E-state index is 11.8. The van der Waals surface area contributed by atoms with Crippen LogP contribution in [-0.2, 0) is 11.2 Å². The molecule has 2 rings (SSSR count). The highest BCUT2D eigenvalue weighted by atomic mass is 16.3. The summed E-state index contributed by atoms with van der Waals surface area (Å²) in [6.45, 7) is 6.58. The lowest BCUT2D eigenvalue weighted by Crippen LogP contribution is -2.32. The van der Waals surface area contributed by atoms with Crippen LogP contribution in [-0.4, -0.2) is 35.5 Å². The van der Waals surface area contributed by atoms with Crippen LogP contribution < -0.4 is 5.32 Å². The fourth-order valence-electron chi connectivity index (χ4n) is 2.26.